The summed E-state index contributed by atoms with van der Waals surface area (Å²) in [4.78, 5) is 23.2. The van der Waals surface area contributed by atoms with Crippen LogP contribution >= 0.6 is 0 Å². The van der Waals surface area contributed by atoms with Gasteiger partial charge in [-0.25, -0.2) is 8.78 Å². The third kappa shape index (κ3) is 4.35. The normalized spacial score (nSPS) is 11.7. The molecule has 120 valence electrons. The van der Waals surface area contributed by atoms with Crippen molar-refractivity contribution < 1.29 is 23.1 Å². The van der Waals surface area contributed by atoms with Gasteiger partial charge in [-0.1, -0.05) is 0 Å². The van der Waals surface area contributed by atoms with E-state index in [1.165, 1.54) is 13.8 Å². The molecule has 0 bridgehead atoms. The zero-order chi connectivity index (χ0) is 17.0. The Morgan fingerprint density at radius 1 is 1.09 bits per heavy atom. The van der Waals surface area contributed by atoms with Crippen LogP contribution in [0, 0.1) is 11.6 Å². The van der Waals surface area contributed by atoms with E-state index in [1.54, 1.807) is 24.3 Å². The maximum Gasteiger partial charge on any atom is 0.265 e. The summed E-state index contributed by atoms with van der Waals surface area (Å²) >= 11 is 0. The molecular formula is C17H15F2NO3. The molecule has 2 aromatic carbocycles. The van der Waals surface area contributed by atoms with E-state index < -0.39 is 23.6 Å². The van der Waals surface area contributed by atoms with Crippen LogP contribution in [0.25, 0.3) is 0 Å². The van der Waals surface area contributed by atoms with Crippen molar-refractivity contribution in [1.29, 1.82) is 0 Å². The van der Waals surface area contributed by atoms with Crippen molar-refractivity contribution in [3.05, 3.63) is 59.7 Å². The number of ketones is 1. The average molecular weight is 319 g/mol. The number of amides is 1. The largest absolute Gasteiger partial charge is 0.481 e. The minimum absolute atomic E-state index is 0.0749. The van der Waals surface area contributed by atoms with Gasteiger partial charge >= 0.3 is 0 Å². The number of hydrogen-bond donors (Lipinski definition) is 1. The van der Waals surface area contributed by atoms with E-state index in [0.29, 0.717) is 17.4 Å². The predicted octanol–water partition coefficient (Wildman–Crippen LogP) is 3.57. The maximum atomic E-state index is 13.5. The molecule has 0 saturated carbocycles. The molecule has 0 saturated heterocycles. The second-order valence-electron chi connectivity index (χ2n) is 4.95. The van der Waals surface area contributed by atoms with E-state index in [4.69, 9.17) is 4.74 Å². The zero-order valence-electron chi connectivity index (χ0n) is 12.6. The molecule has 0 spiro atoms. The molecule has 0 fully saturated rings. The van der Waals surface area contributed by atoms with E-state index in [-0.39, 0.29) is 11.5 Å². The molecular weight excluding hydrogens is 304 g/mol. The highest BCUT2D eigenvalue weighted by Gasteiger charge is 2.17. The first kappa shape index (κ1) is 16.6. The van der Waals surface area contributed by atoms with E-state index >= 15 is 0 Å². The minimum Gasteiger partial charge on any atom is -0.481 e. The fraction of sp³-hybridized carbons (Fsp3) is 0.176. The average Bonchev–Trinajstić information content (AvgIpc) is 2.50. The van der Waals surface area contributed by atoms with Gasteiger partial charge in [-0.2, -0.15) is 0 Å². The van der Waals surface area contributed by atoms with Crippen LogP contribution in [0.15, 0.2) is 42.5 Å². The van der Waals surface area contributed by atoms with Crippen LogP contribution in [-0.4, -0.2) is 17.8 Å². The van der Waals surface area contributed by atoms with E-state index in [1.807, 2.05) is 0 Å². The topological polar surface area (TPSA) is 55.4 Å². The third-order valence-electron chi connectivity index (χ3n) is 3.13. The molecule has 2 aromatic rings. The van der Waals surface area contributed by atoms with Crippen LogP contribution in [0.3, 0.4) is 0 Å². The lowest BCUT2D eigenvalue weighted by Gasteiger charge is -2.15. The molecule has 6 heteroatoms. The highest BCUT2D eigenvalue weighted by atomic mass is 19.1. The highest BCUT2D eigenvalue weighted by molar-refractivity contribution is 5.95. The fourth-order valence-electron chi connectivity index (χ4n) is 1.85. The first-order valence-corrected chi connectivity index (χ1v) is 6.90. The lowest BCUT2D eigenvalue weighted by Crippen LogP contribution is -2.30. The van der Waals surface area contributed by atoms with E-state index in [0.717, 1.165) is 12.1 Å². The van der Waals surface area contributed by atoms with Gasteiger partial charge in [0, 0.05) is 11.6 Å². The number of halogens is 2. The number of carbonyl (C=O) groups excluding carboxylic acids is 2. The van der Waals surface area contributed by atoms with Gasteiger partial charge in [0.15, 0.2) is 11.9 Å². The molecule has 2 rings (SSSR count). The van der Waals surface area contributed by atoms with Gasteiger partial charge in [-0.15, -0.1) is 0 Å². The van der Waals surface area contributed by atoms with Crippen molar-refractivity contribution in [3.8, 4) is 5.75 Å². The predicted molar refractivity (Wildman–Crippen MR) is 81.5 cm³/mol. The molecule has 1 N–H and O–H groups in total. The molecule has 1 atom stereocenters. The molecule has 23 heavy (non-hydrogen) atoms. The molecule has 0 radical (unpaired) electrons. The zero-order valence-corrected chi connectivity index (χ0v) is 12.6. The van der Waals surface area contributed by atoms with Crippen LogP contribution in [0.4, 0.5) is 14.5 Å². The number of rotatable bonds is 5. The summed E-state index contributed by atoms with van der Waals surface area (Å²) in [5, 5.41) is 2.33. The van der Waals surface area contributed by atoms with Crippen molar-refractivity contribution in [3.63, 3.8) is 0 Å². The quantitative estimate of drug-likeness (QED) is 0.857. The Hall–Kier alpha value is -2.76. The standard InChI is InChI=1S/C17H15F2NO3/c1-10(21)12-3-6-14(7-4-12)23-11(2)17(22)20-16-8-5-13(18)9-15(16)19/h3-9,11H,1-2H3,(H,20,22). The summed E-state index contributed by atoms with van der Waals surface area (Å²) in [6, 6.07) is 9.17. The highest BCUT2D eigenvalue weighted by Crippen LogP contribution is 2.17. The Morgan fingerprint density at radius 2 is 1.74 bits per heavy atom. The number of ether oxygens (including phenoxy) is 1. The molecule has 0 aromatic heterocycles. The summed E-state index contributed by atoms with van der Waals surface area (Å²) in [5.41, 5.74) is 0.404. The number of nitrogens with one attached hydrogen (secondary N) is 1. The van der Waals surface area contributed by atoms with Crippen LogP contribution in [0.5, 0.6) is 5.75 Å². The molecule has 4 nitrogen and oxygen atoms in total. The molecule has 0 aliphatic rings. The Labute approximate surface area is 132 Å². The molecule has 0 heterocycles. The van der Waals surface area contributed by atoms with Gasteiger partial charge in [0.05, 0.1) is 5.69 Å². The Kier molecular flexibility index (Phi) is 5.05. The lowest BCUT2D eigenvalue weighted by molar-refractivity contribution is -0.122. The first-order chi connectivity index (χ1) is 10.9. The Bertz CT molecular complexity index is 729. The van der Waals surface area contributed by atoms with Gasteiger partial charge in [0.25, 0.3) is 5.91 Å². The van der Waals surface area contributed by atoms with Gasteiger partial charge < -0.3 is 10.1 Å². The van der Waals surface area contributed by atoms with Gasteiger partial charge in [-0.3, -0.25) is 9.59 Å². The summed E-state index contributed by atoms with van der Waals surface area (Å²) in [6.07, 6.45) is -0.900. The van der Waals surface area contributed by atoms with Crippen molar-refractivity contribution in [2.75, 3.05) is 5.32 Å². The Balaban J connectivity index is 2.00. The van der Waals surface area contributed by atoms with Crippen molar-refractivity contribution in [2.45, 2.75) is 20.0 Å². The van der Waals surface area contributed by atoms with E-state index in [2.05, 4.69) is 5.32 Å². The smallest absolute Gasteiger partial charge is 0.265 e. The van der Waals surface area contributed by atoms with E-state index in [9.17, 15) is 18.4 Å². The molecule has 1 unspecified atom stereocenters. The first-order valence-electron chi connectivity index (χ1n) is 6.90. The SMILES string of the molecule is CC(=O)c1ccc(OC(C)C(=O)Nc2ccc(F)cc2F)cc1. The third-order valence-corrected chi connectivity index (χ3v) is 3.13. The number of hydrogen-bond acceptors (Lipinski definition) is 3. The van der Waals surface area contributed by atoms with Gasteiger partial charge in [0.1, 0.15) is 17.4 Å². The number of anilines is 1. The summed E-state index contributed by atoms with van der Waals surface area (Å²) in [7, 11) is 0. The monoisotopic (exact) mass is 319 g/mol. The molecule has 1 amide bonds. The summed E-state index contributed by atoms with van der Waals surface area (Å²) in [6.45, 7) is 2.94. The fourth-order valence-corrected chi connectivity index (χ4v) is 1.85. The summed E-state index contributed by atoms with van der Waals surface area (Å²) in [5.74, 6) is -1.84. The molecule has 0 aliphatic carbocycles. The minimum atomic E-state index is -0.900. The van der Waals surface area contributed by atoms with Crippen LogP contribution in [0.2, 0.25) is 0 Å². The second kappa shape index (κ2) is 7.00. The van der Waals surface area contributed by atoms with Crippen molar-refractivity contribution in [2.24, 2.45) is 0 Å². The van der Waals surface area contributed by atoms with Crippen molar-refractivity contribution >= 4 is 17.4 Å². The number of Topliss-reactive ketones (excluding diaryl/α,β-unsaturated/α-hetero) is 1. The van der Waals surface area contributed by atoms with Crippen LogP contribution in [0.1, 0.15) is 24.2 Å². The van der Waals surface area contributed by atoms with Crippen LogP contribution < -0.4 is 10.1 Å². The van der Waals surface area contributed by atoms with Crippen LogP contribution in [-0.2, 0) is 4.79 Å². The summed E-state index contributed by atoms with van der Waals surface area (Å²) < 4.78 is 31.7. The second-order valence-corrected chi connectivity index (χ2v) is 4.95. The Morgan fingerprint density at radius 3 is 2.30 bits per heavy atom. The van der Waals surface area contributed by atoms with Gasteiger partial charge in [-0.05, 0) is 50.2 Å². The molecule has 0 aliphatic heterocycles. The van der Waals surface area contributed by atoms with Gasteiger partial charge in [0.2, 0.25) is 0 Å². The lowest BCUT2D eigenvalue weighted by atomic mass is 10.1. The maximum absolute atomic E-state index is 13.5. The number of carbonyl (C=O) groups is 2. The van der Waals surface area contributed by atoms with Crippen molar-refractivity contribution in [1.82, 2.24) is 0 Å². The number of benzene rings is 2.